The van der Waals surface area contributed by atoms with Crippen LogP contribution in [0.3, 0.4) is 0 Å². The summed E-state index contributed by atoms with van der Waals surface area (Å²) in [6, 6.07) is 12.2. The summed E-state index contributed by atoms with van der Waals surface area (Å²) in [6.45, 7) is 4.23. The van der Waals surface area contributed by atoms with Gasteiger partial charge in [-0.05, 0) is 18.2 Å². The van der Waals surface area contributed by atoms with Gasteiger partial charge < -0.3 is 4.42 Å². The Hall–Kier alpha value is -3.33. The van der Waals surface area contributed by atoms with E-state index in [1.807, 2.05) is 18.3 Å². The number of aromatic amines is 1. The molecule has 0 aliphatic carbocycles. The first-order chi connectivity index (χ1) is 13.2. The quantitative estimate of drug-likeness (QED) is 0.500. The van der Waals surface area contributed by atoms with Crippen molar-refractivity contribution in [3.05, 3.63) is 64.7 Å². The van der Waals surface area contributed by atoms with Crippen molar-refractivity contribution < 1.29 is 14.3 Å². The van der Waals surface area contributed by atoms with Gasteiger partial charge in [-0.3, -0.25) is 19.9 Å². The van der Waals surface area contributed by atoms with Crippen molar-refractivity contribution in [2.45, 2.75) is 6.54 Å². The molecule has 1 saturated heterocycles. The molecule has 3 heterocycles. The SMILES string of the molecule is O=[N+]([O-])c1ccc(-c2nnc(CN3CCN(c4cccc[nH+]4)CC3)o2)cc1. The Balaban J connectivity index is 1.35. The maximum atomic E-state index is 10.7. The first kappa shape index (κ1) is 17.1. The van der Waals surface area contributed by atoms with Gasteiger partial charge in [0.25, 0.3) is 11.5 Å². The molecule has 1 aliphatic rings. The van der Waals surface area contributed by atoms with E-state index in [0.717, 1.165) is 32.0 Å². The minimum Gasteiger partial charge on any atom is -0.419 e. The highest BCUT2D eigenvalue weighted by Crippen LogP contribution is 2.22. The summed E-state index contributed by atoms with van der Waals surface area (Å²) in [4.78, 5) is 18.1. The molecule has 9 nitrogen and oxygen atoms in total. The normalized spacial score (nSPS) is 15.0. The highest BCUT2D eigenvalue weighted by Gasteiger charge is 2.24. The van der Waals surface area contributed by atoms with E-state index < -0.39 is 4.92 Å². The van der Waals surface area contributed by atoms with Crippen molar-refractivity contribution in [3.63, 3.8) is 0 Å². The monoisotopic (exact) mass is 367 g/mol. The van der Waals surface area contributed by atoms with E-state index in [1.165, 1.54) is 12.1 Å². The highest BCUT2D eigenvalue weighted by molar-refractivity contribution is 5.55. The molecule has 0 bridgehead atoms. The van der Waals surface area contributed by atoms with Gasteiger partial charge in [-0.25, -0.2) is 4.98 Å². The predicted molar refractivity (Wildman–Crippen MR) is 96.9 cm³/mol. The minimum absolute atomic E-state index is 0.0343. The molecule has 0 spiro atoms. The number of pyridine rings is 1. The average Bonchev–Trinajstić information content (AvgIpc) is 3.18. The number of non-ortho nitro benzene ring substituents is 1. The third-order valence-corrected chi connectivity index (χ3v) is 4.56. The molecule has 4 rings (SSSR count). The van der Waals surface area contributed by atoms with Crippen LogP contribution < -0.4 is 9.88 Å². The summed E-state index contributed by atoms with van der Waals surface area (Å²) in [5.41, 5.74) is 0.704. The van der Waals surface area contributed by atoms with Crippen LogP contribution >= 0.6 is 0 Å². The van der Waals surface area contributed by atoms with Crippen LogP contribution in [0.1, 0.15) is 5.89 Å². The molecular formula is C18H19N6O3+. The summed E-state index contributed by atoms with van der Waals surface area (Å²) in [6.07, 6.45) is 1.93. The van der Waals surface area contributed by atoms with Gasteiger partial charge in [0.15, 0.2) is 0 Å². The molecular weight excluding hydrogens is 348 g/mol. The number of nitro groups is 1. The molecule has 1 aromatic carbocycles. The number of nitro benzene ring substituents is 1. The Bertz CT molecular complexity index is 904. The number of benzene rings is 1. The fourth-order valence-electron chi connectivity index (χ4n) is 3.08. The molecule has 3 aromatic rings. The molecule has 138 valence electrons. The van der Waals surface area contributed by atoms with E-state index in [2.05, 4.69) is 31.0 Å². The highest BCUT2D eigenvalue weighted by atomic mass is 16.6. The summed E-state index contributed by atoms with van der Waals surface area (Å²) < 4.78 is 5.73. The Labute approximate surface area is 155 Å². The lowest BCUT2D eigenvalue weighted by Gasteiger charge is -2.29. The van der Waals surface area contributed by atoms with E-state index in [9.17, 15) is 10.1 Å². The maximum Gasteiger partial charge on any atom is 0.274 e. The molecule has 9 heteroatoms. The predicted octanol–water partition coefficient (Wildman–Crippen LogP) is 1.78. The van der Waals surface area contributed by atoms with Crippen LogP contribution in [-0.4, -0.2) is 46.2 Å². The summed E-state index contributed by atoms with van der Waals surface area (Å²) in [5.74, 6) is 2.04. The van der Waals surface area contributed by atoms with Gasteiger partial charge in [0.2, 0.25) is 11.8 Å². The molecule has 1 aliphatic heterocycles. The lowest BCUT2D eigenvalue weighted by atomic mass is 10.2. The molecule has 1 N–H and O–H groups in total. The second-order valence-corrected chi connectivity index (χ2v) is 6.32. The number of H-pyrrole nitrogens is 1. The third-order valence-electron chi connectivity index (χ3n) is 4.56. The van der Waals surface area contributed by atoms with Crippen molar-refractivity contribution >= 4 is 11.5 Å². The van der Waals surface area contributed by atoms with Crippen LogP contribution in [-0.2, 0) is 6.54 Å². The van der Waals surface area contributed by atoms with Crippen molar-refractivity contribution in [3.8, 4) is 11.5 Å². The largest absolute Gasteiger partial charge is 0.419 e. The topological polar surface area (TPSA) is 103 Å². The molecule has 0 radical (unpaired) electrons. The number of nitrogens with one attached hydrogen (secondary N) is 1. The number of aromatic nitrogens is 3. The van der Waals surface area contributed by atoms with Gasteiger partial charge in [-0.15, -0.1) is 10.2 Å². The lowest BCUT2D eigenvalue weighted by molar-refractivity contribution is -0.384. The van der Waals surface area contributed by atoms with Crippen LogP contribution in [0, 0.1) is 10.1 Å². The fraction of sp³-hybridized carbons (Fsp3) is 0.278. The second-order valence-electron chi connectivity index (χ2n) is 6.32. The van der Waals surface area contributed by atoms with Gasteiger partial charge >= 0.3 is 0 Å². The standard InChI is InChI=1S/C18H18N6O3/c25-24(26)15-6-4-14(5-7-15)18-21-20-17(27-18)13-22-9-11-23(12-10-22)16-3-1-2-8-19-16/h1-8H,9-13H2/p+1. The molecule has 0 unspecified atom stereocenters. The Morgan fingerprint density at radius 2 is 1.85 bits per heavy atom. The third kappa shape index (κ3) is 3.93. The number of hydrogen-bond donors (Lipinski definition) is 0. The number of rotatable bonds is 5. The van der Waals surface area contributed by atoms with Crippen molar-refractivity contribution in [1.29, 1.82) is 0 Å². The molecule has 0 saturated carbocycles. The Morgan fingerprint density at radius 1 is 1.07 bits per heavy atom. The smallest absolute Gasteiger partial charge is 0.274 e. The lowest BCUT2D eigenvalue weighted by Crippen LogP contribution is -2.47. The van der Waals surface area contributed by atoms with Crippen LogP contribution in [0.25, 0.3) is 11.5 Å². The zero-order valence-corrected chi connectivity index (χ0v) is 14.6. The summed E-state index contributed by atoms with van der Waals surface area (Å²) in [7, 11) is 0. The van der Waals surface area contributed by atoms with Crippen LogP contribution in [0.4, 0.5) is 11.5 Å². The Morgan fingerprint density at radius 3 is 2.52 bits per heavy atom. The Kier molecular flexibility index (Phi) is 4.75. The second kappa shape index (κ2) is 7.50. The molecule has 2 aromatic heterocycles. The van der Waals surface area contributed by atoms with Gasteiger partial charge in [-0.2, -0.15) is 0 Å². The van der Waals surface area contributed by atoms with E-state index in [1.54, 1.807) is 12.1 Å². The van der Waals surface area contributed by atoms with E-state index >= 15 is 0 Å². The van der Waals surface area contributed by atoms with E-state index in [4.69, 9.17) is 4.42 Å². The zero-order valence-electron chi connectivity index (χ0n) is 14.6. The number of nitrogens with zero attached hydrogens (tertiary/aromatic N) is 5. The van der Waals surface area contributed by atoms with Crippen LogP contribution in [0.5, 0.6) is 0 Å². The first-order valence-corrected chi connectivity index (χ1v) is 8.70. The molecule has 1 fully saturated rings. The van der Waals surface area contributed by atoms with Gasteiger partial charge in [0.05, 0.1) is 30.8 Å². The zero-order chi connectivity index (χ0) is 18.6. The van der Waals surface area contributed by atoms with Crippen molar-refractivity contribution in [2.24, 2.45) is 0 Å². The summed E-state index contributed by atoms with van der Waals surface area (Å²) >= 11 is 0. The molecule has 0 amide bonds. The summed E-state index contributed by atoms with van der Waals surface area (Å²) in [5, 5.41) is 18.9. The molecule has 27 heavy (non-hydrogen) atoms. The van der Waals surface area contributed by atoms with Crippen LogP contribution in [0.15, 0.2) is 53.1 Å². The number of anilines is 1. The fourth-order valence-corrected chi connectivity index (χ4v) is 3.08. The number of hydrogen-bond acceptors (Lipinski definition) is 7. The molecule has 0 atom stereocenters. The van der Waals surface area contributed by atoms with E-state index in [0.29, 0.717) is 23.9 Å². The van der Waals surface area contributed by atoms with Gasteiger partial charge in [0, 0.05) is 36.9 Å². The van der Waals surface area contributed by atoms with Crippen molar-refractivity contribution in [2.75, 3.05) is 31.1 Å². The van der Waals surface area contributed by atoms with Gasteiger partial charge in [-0.1, -0.05) is 6.07 Å². The number of piperazine rings is 1. The van der Waals surface area contributed by atoms with E-state index in [-0.39, 0.29) is 5.69 Å². The minimum atomic E-state index is -0.435. The maximum absolute atomic E-state index is 10.7. The van der Waals surface area contributed by atoms with Crippen LogP contribution in [0.2, 0.25) is 0 Å². The first-order valence-electron chi connectivity index (χ1n) is 8.70. The average molecular weight is 367 g/mol. The van der Waals surface area contributed by atoms with Gasteiger partial charge in [0.1, 0.15) is 0 Å². The van der Waals surface area contributed by atoms with Crippen molar-refractivity contribution in [1.82, 2.24) is 15.1 Å².